The first-order valence-electron chi connectivity index (χ1n) is 8.76. The van der Waals surface area contributed by atoms with Crippen molar-refractivity contribution < 1.29 is 23.0 Å². The lowest BCUT2D eigenvalue weighted by Crippen LogP contribution is -2.50. The number of ether oxygens (including phenoxy) is 1. The molecule has 27 heavy (non-hydrogen) atoms. The minimum Gasteiger partial charge on any atom is -0.388 e. The van der Waals surface area contributed by atoms with Crippen LogP contribution in [-0.4, -0.2) is 42.5 Å². The van der Waals surface area contributed by atoms with Crippen molar-refractivity contribution in [2.45, 2.75) is 51.1 Å². The SMILES string of the molecule is CCNC(=NCc1ccc(COCC(F)(F)F)cc1)NCC1(O)CCC1.I. The standard InChI is InChI=1S/C18H26F3N3O2.HI/c1-2-22-16(24-12-17(25)8-3-9-17)23-10-14-4-6-15(7-5-14)11-26-13-18(19,20)21;/h4-7,25H,2-3,8-13H2,1H3,(H2,22,23,24);1H. The number of nitrogens with one attached hydrogen (secondary N) is 2. The van der Waals surface area contributed by atoms with Crippen LogP contribution in [0.3, 0.4) is 0 Å². The van der Waals surface area contributed by atoms with Gasteiger partial charge in [-0.25, -0.2) is 4.99 Å². The monoisotopic (exact) mass is 501 g/mol. The van der Waals surface area contributed by atoms with E-state index in [0.29, 0.717) is 31.2 Å². The fourth-order valence-electron chi connectivity index (χ4n) is 2.55. The molecule has 2 rings (SSSR count). The van der Waals surface area contributed by atoms with Crippen molar-refractivity contribution in [1.82, 2.24) is 10.6 Å². The summed E-state index contributed by atoms with van der Waals surface area (Å²) in [5, 5.41) is 16.4. The van der Waals surface area contributed by atoms with Crippen molar-refractivity contribution in [3.05, 3.63) is 35.4 Å². The highest BCUT2D eigenvalue weighted by atomic mass is 127. The third-order valence-corrected chi connectivity index (χ3v) is 4.19. The molecule has 1 aromatic carbocycles. The topological polar surface area (TPSA) is 65.9 Å². The Balaban J connectivity index is 0.00000364. The summed E-state index contributed by atoms with van der Waals surface area (Å²) in [6.45, 7) is 2.24. The van der Waals surface area contributed by atoms with Crippen molar-refractivity contribution in [1.29, 1.82) is 0 Å². The van der Waals surface area contributed by atoms with Crippen molar-refractivity contribution >= 4 is 29.9 Å². The molecule has 154 valence electrons. The molecule has 0 amide bonds. The van der Waals surface area contributed by atoms with Crippen LogP contribution in [0.15, 0.2) is 29.3 Å². The number of aliphatic imine (C=N–C) groups is 1. The smallest absolute Gasteiger partial charge is 0.388 e. The molecular weight excluding hydrogens is 474 g/mol. The number of nitrogens with zero attached hydrogens (tertiary/aromatic N) is 1. The molecule has 1 saturated carbocycles. The van der Waals surface area contributed by atoms with Gasteiger partial charge in [0.1, 0.15) is 6.61 Å². The van der Waals surface area contributed by atoms with Crippen LogP contribution < -0.4 is 10.6 Å². The molecule has 1 aliphatic carbocycles. The maximum atomic E-state index is 12.1. The summed E-state index contributed by atoms with van der Waals surface area (Å²) in [5.41, 5.74) is 0.984. The number of guanidine groups is 1. The third-order valence-electron chi connectivity index (χ3n) is 4.19. The molecule has 0 unspecified atom stereocenters. The molecule has 5 nitrogen and oxygen atoms in total. The summed E-state index contributed by atoms with van der Waals surface area (Å²) < 4.78 is 40.8. The van der Waals surface area contributed by atoms with Gasteiger partial charge in [0.2, 0.25) is 0 Å². The quantitative estimate of drug-likeness (QED) is 0.291. The number of aliphatic hydroxyl groups is 1. The van der Waals surface area contributed by atoms with Gasteiger partial charge in [-0.1, -0.05) is 24.3 Å². The molecule has 3 N–H and O–H groups in total. The number of benzene rings is 1. The van der Waals surface area contributed by atoms with E-state index in [-0.39, 0.29) is 30.6 Å². The van der Waals surface area contributed by atoms with Crippen LogP contribution in [0.2, 0.25) is 0 Å². The highest BCUT2D eigenvalue weighted by Gasteiger charge is 2.34. The van der Waals surface area contributed by atoms with E-state index in [1.165, 1.54) is 0 Å². The number of rotatable bonds is 8. The third kappa shape index (κ3) is 9.11. The summed E-state index contributed by atoms with van der Waals surface area (Å²) >= 11 is 0. The van der Waals surface area contributed by atoms with Gasteiger partial charge in [-0.3, -0.25) is 0 Å². The van der Waals surface area contributed by atoms with Crippen LogP contribution in [0.5, 0.6) is 0 Å². The van der Waals surface area contributed by atoms with Gasteiger partial charge in [0.25, 0.3) is 0 Å². The fourth-order valence-corrected chi connectivity index (χ4v) is 2.55. The Kier molecular flexibility index (Phi) is 9.82. The first-order chi connectivity index (χ1) is 12.3. The number of hydrogen-bond acceptors (Lipinski definition) is 3. The Labute approximate surface area is 174 Å². The Morgan fingerprint density at radius 1 is 1.19 bits per heavy atom. The minimum atomic E-state index is -4.31. The zero-order valence-electron chi connectivity index (χ0n) is 15.3. The van der Waals surface area contributed by atoms with Crippen LogP contribution >= 0.6 is 24.0 Å². The average Bonchev–Trinajstić information content (AvgIpc) is 2.56. The Morgan fingerprint density at radius 3 is 2.33 bits per heavy atom. The molecule has 0 spiro atoms. The molecule has 0 heterocycles. The molecule has 1 fully saturated rings. The molecule has 0 aliphatic heterocycles. The summed E-state index contributed by atoms with van der Waals surface area (Å²) in [5.74, 6) is 0.630. The summed E-state index contributed by atoms with van der Waals surface area (Å²) in [6.07, 6.45) is -1.66. The van der Waals surface area contributed by atoms with Crippen LogP contribution in [0, 0.1) is 0 Å². The summed E-state index contributed by atoms with van der Waals surface area (Å²) in [6, 6.07) is 7.11. The van der Waals surface area contributed by atoms with E-state index in [0.717, 1.165) is 24.8 Å². The Hall–Kier alpha value is -1.07. The number of halogens is 4. The second kappa shape index (κ2) is 11.1. The van der Waals surface area contributed by atoms with E-state index >= 15 is 0 Å². The number of alkyl halides is 3. The van der Waals surface area contributed by atoms with Crippen molar-refractivity contribution in [3.8, 4) is 0 Å². The van der Waals surface area contributed by atoms with Gasteiger partial charge in [-0.2, -0.15) is 13.2 Å². The van der Waals surface area contributed by atoms with E-state index in [2.05, 4.69) is 20.4 Å². The van der Waals surface area contributed by atoms with Crippen LogP contribution in [-0.2, 0) is 17.9 Å². The molecule has 0 radical (unpaired) electrons. The van der Waals surface area contributed by atoms with Gasteiger partial charge in [0, 0.05) is 13.1 Å². The molecule has 9 heteroatoms. The molecule has 0 saturated heterocycles. The maximum Gasteiger partial charge on any atom is 0.411 e. The van der Waals surface area contributed by atoms with Gasteiger partial charge in [-0.05, 0) is 37.3 Å². The van der Waals surface area contributed by atoms with Gasteiger partial charge in [-0.15, -0.1) is 24.0 Å². The van der Waals surface area contributed by atoms with Crippen LogP contribution in [0.25, 0.3) is 0 Å². The fraction of sp³-hybridized carbons (Fsp3) is 0.611. The highest BCUT2D eigenvalue weighted by Crippen LogP contribution is 2.30. The van der Waals surface area contributed by atoms with Crippen molar-refractivity contribution in [2.75, 3.05) is 19.7 Å². The molecule has 0 atom stereocenters. The first kappa shape index (κ1) is 24.0. The lowest BCUT2D eigenvalue weighted by molar-refractivity contribution is -0.176. The summed E-state index contributed by atoms with van der Waals surface area (Å²) in [7, 11) is 0. The minimum absolute atomic E-state index is 0. The van der Waals surface area contributed by atoms with Gasteiger partial charge >= 0.3 is 6.18 Å². The largest absolute Gasteiger partial charge is 0.411 e. The lowest BCUT2D eigenvalue weighted by Gasteiger charge is -2.37. The maximum absolute atomic E-state index is 12.1. The van der Waals surface area contributed by atoms with Crippen LogP contribution in [0.4, 0.5) is 13.2 Å². The summed E-state index contributed by atoms with van der Waals surface area (Å²) in [4.78, 5) is 4.47. The molecular formula is C18H27F3IN3O2. The van der Waals surface area contributed by atoms with E-state index in [9.17, 15) is 18.3 Å². The number of hydrogen-bond donors (Lipinski definition) is 3. The second-order valence-electron chi connectivity index (χ2n) is 6.55. The zero-order valence-corrected chi connectivity index (χ0v) is 17.6. The average molecular weight is 501 g/mol. The molecule has 1 aromatic rings. The second-order valence-corrected chi connectivity index (χ2v) is 6.55. The van der Waals surface area contributed by atoms with Gasteiger partial charge in [0.05, 0.1) is 18.8 Å². The van der Waals surface area contributed by atoms with E-state index in [1.54, 1.807) is 12.1 Å². The van der Waals surface area contributed by atoms with E-state index in [4.69, 9.17) is 0 Å². The van der Waals surface area contributed by atoms with Gasteiger partial charge in [0.15, 0.2) is 5.96 Å². The van der Waals surface area contributed by atoms with Crippen molar-refractivity contribution in [3.63, 3.8) is 0 Å². The van der Waals surface area contributed by atoms with Crippen LogP contribution in [0.1, 0.15) is 37.3 Å². The van der Waals surface area contributed by atoms with E-state index < -0.39 is 18.4 Å². The highest BCUT2D eigenvalue weighted by molar-refractivity contribution is 14.0. The predicted molar refractivity (Wildman–Crippen MR) is 109 cm³/mol. The first-order valence-corrected chi connectivity index (χ1v) is 8.76. The van der Waals surface area contributed by atoms with Crippen molar-refractivity contribution in [2.24, 2.45) is 4.99 Å². The molecule has 1 aliphatic rings. The normalized spacial score (nSPS) is 16.3. The Bertz CT molecular complexity index is 591. The molecule has 0 aromatic heterocycles. The lowest BCUT2D eigenvalue weighted by atomic mass is 9.80. The van der Waals surface area contributed by atoms with Gasteiger partial charge < -0.3 is 20.5 Å². The Morgan fingerprint density at radius 2 is 1.81 bits per heavy atom. The zero-order chi connectivity index (χ0) is 19.0. The predicted octanol–water partition coefficient (Wildman–Crippen LogP) is 3.35. The molecule has 0 bridgehead atoms. The van der Waals surface area contributed by atoms with E-state index in [1.807, 2.05) is 19.1 Å².